The molecule has 0 amide bonds. The van der Waals surface area contributed by atoms with E-state index in [0.29, 0.717) is 0 Å². The molecule has 1 spiro atoms. The number of aromatic nitrogens is 2. The lowest BCUT2D eigenvalue weighted by molar-refractivity contribution is 0.794. The quantitative estimate of drug-likeness (QED) is 0.178. The van der Waals surface area contributed by atoms with Crippen molar-refractivity contribution < 1.29 is 0 Å². The molecule has 2 aromatic heterocycles. The normalized spacial score (nSPS) is 13.1. The first-order valence-electron chi connectivity index (χ1n) is 19.4. The summed E-state index contributed by atoms with van der Waals surface area (Å²) in [5.74, 6) is 0. The van der Waals surface area contributed by atoms with Crippen molar-refractivity contribution in [1.29, 1.82) is 0 Å². The largest absolute Gasteiger partial charge is 0.231 e. The minimum absolute atomic E-state index is 0.384. The van der Waals surface area contributed by atoms with Gasteiger partial charge in [0.15, 0.2) is 0 Å². The summed E-state index contributed by atoms with van der Waals surface area (Å²) in [6.45, 7) is 0. The maximum absolute atomic E-state index is 5.14. The Bertz CT molecular complexity index is 3130. The zero-order valence-corrected chi connectivity index (χ0v) is 30.5. The molecule has 0 saturated carbocycles. The number of rotatable bonds is 4. The van der Waals surface area contributed by atoms with Crippen molar-refractivity contribution in [3.8, 4) is 66.9 Å². The molecule has 12 rings (SSSR count). The first kappa shape index (κ1) is 31.1. The van der Waals surface area contributed by atoms with E-state index in [0.717, 1.165) is 33.5 Å². The second-order valence-electron chi connectivity index (χ2n) is 15.0. The summed E-state index contributed by atoms with van der Waals surface area (Å²) >= 11 is 0. The maximum Gasteiger partial charge on any atom is 0.0826 e. The van der Waals surface area contributed by atoms with Gasteiger partial charge in [0, 0.05) is 22.1 Å². The topological polar surface area (TPSA) is 17.3 Å². The molecule has 2 heterocycles. The zero-order valence-electron chi connectivity index (χ0n) is 30.5. The van der Waals surface area contributed by atoms with E-state index in [1.54, 1.807) is 0 Å². The van der Waals surface area contributed by atoms with Gasteiger partial charge < -0.3 is 0 Å². The molecule has 0 fully saturated rings. The van der Waals surface area contributed by atoms with Crippen molar-refractivity contribution in [2.45, 2.75) is 5.41 Å². The van der Waals surface area contributed by atoms with Crippen molar-refractivity contribution in [3.63, 3.8) is 0 Å². The first-order chi connectivity index (χ1) is 27.8. The third kappa shape index (κ3) is 4.19. The van der Waals surface area contributed by atoms with E-state index >= 15 is 0 Å². The summed E-state index contributed by atoms with van der Waals surface area (Å²) in [6.07, 6.45) is 2.03. The second kappa shape index (κ2) is 11.9. The van der Waals surface area contributed by atoms with Crippen LogP contribution in [0.25, 0.3) is 83.2 Å². The minimum atomic E-state index is -0.384. The summed E-state index contributed by atoms with van der Waals surface area (Å²) in [7, 11) is 0. The van der Waals surface area contributed by atoms with E-state index in [1.807, 2.05) is 6.20 Å². The Balaban J connectivity index is 1.10. The third-order valence-corrected chi connectivity index (χ3v) is 12.3. The Morgan fingerprint density at radius 2 is 0.839 bits per heavy atom. The summed E-state index contributed by atoms with van der Waals surface area (Å²) < 4.78 is 2.17. The van der Waals surface area contributed by atoms with Crippen molar-refractivity contribution in [1.82, 2.24) is 9.61 Å². The van der Waals surface area contributed by atoms with Crippen molar-refractivity contribution in [2.75, 3.05) is 0 Å². The highest BCUT2D eigenvalue weighted by molar-refractivity contribution is 6.13. The molecular formula is C54H34N2. The van der Waals surface area contributed by atoms with Crippen LogP contribution in [0.4, 0.5) is 0 Å². The van der Waals surface area contributed by atoms with E-state index < -0.39 is 0 Å². The van der Waals surface area contributed by atoms with Crippen LogP contribution in [0.1, 0.15) is 22.3 Å². The van der Waals surface area contributed by atoms with E-state index in [2.05, 4.69) is 205 Å². The van der Waals surface area contributed by atoms with Gasteiger partial charge in [0.05, 0.1) is 22.8 Å². The van der Waals surface area contributed by atoms with Gasteiger partial charge in [-0.3, -0.25) is 0 Å². The predicted molar refractivity (Wildman–Crippen MR) is 231 cm³/mol. The SMILES string of the molecule is c1ccc(-c2cnn3c(-c4ccccc4)c(-c4cccc(-c5ccc6c(c5)C5(c7ccccc7-c7ccccc75)c5ccccc5-6)c4)c4ccccc4c23)cc1. The van der Waals surface area contributed by atoms with Gasteiger partial charge >= 0.3 is 0 Å². The Kier molecular flexibility index (Phi) is 6.58. The molecule has 2 aliphatic carbocycles. The van der Waals surface area contributed by atoms with Crippen LogP contribution >= 0.6 is 0 Å². The lowest BCUT2D eigenvalue weighted by Crippen LogP contribution is -2.25. The van der Waals surface area contributed by atoms with Gasteiger partial charge in [-0.05, 0) is 84.3 Å². The zero-order chi connectivity index (χ0) is 36.8. The second-order valence-corrected chi connectivity index (χ2v) is 15.0. The third-order valence-electron chi connectivity index (χ3n) is 12.3. The summed E-state index contributed by atoms with van der Waals surface area (Å²) in [6, 6.07) is 73.5. The van der Waals surface area contributed by atoms with E-state index in [9.17, 15) is 0 Å². The molecule has 2 aliphatic rings. The molecule has 0 radical (unpaired) electrons. The average molecular weight is 711 g/mol. The van der Waals surface area contributed by atoms with Gasteiger partial charge in [-0.2, -0.15) is 5.10 Å². The number of benzene rings is 8. The first-order valence-corrected chi connectivity index (χ1v) is 19.4. The molecule has 0 unspecified atom stereocenters. The minimum Gasteiger partial charge on any atom is -0.231 e. The monoisotopic (exact) mass is 710 g/mol. The average Bonchev–Trinajstić information content (AvgIpc) is 3.94. The molecule has 0 aliphatic heterocycles. The maximum atomic E-state index is 5.14. The molecular weight excluding hydrogens is 677 g/mol. The van der Waals surface area contributed by atoms with Gasteiger partial charge in [0.2, 0.25) is 0 Å². The van der Waals surface area contributed by atoms with E-state index in [-0.39, 0.29) is 5.41 Å². The molecule has 10 aromatic rings. The van der Waals surface area contributed by atoms with Crippen LogP contribution in [0, 0.1) is 0 Å². The molecule has 0 atom stereocenters. The van der Waals surface area contributed by atoms with Crippen LogP contribution in [0.15, 0.2) is 206 Å². The standard InChI is InChI=1S/C54H34N2/c1-3-16-35(17-4-1)46-34-55-56-52(36-18-5-2-6-19-36)51(44-25-7-8-26-45(44)53(46)56)39-21-15-20-37(32-39)38-30-31-43-42-24-11-14-29-49(42)54(50(43)33-38)47-27-12-9-22-40(47)41-23-10-13-28-48(41)54/h1-34H. The predicted octanol–water partition coefficient (Wildman–Crippen LogP) is 13.5. The van der Waals surface area contributed by atoms with Crippen LogP contribution in [-0.2, 0) is 5.41 Å². The van der Waals surface area contributed by atoms with Crippen LogP contribution in [0.2, 0.25) is 0 Å². The van der Waals surface area contributed by atoms with Gasteiger partial charge in [-0.25, -0.2) is 4.52 Å². The Morgan fingerprint density at radius 3 is 1.50 bits per heavy atom. The molecule has 2 nitrogen and oxygen atoms in total. The highest BCUT2D eigenvalue weighted by atomic mass is 15.2. The Labute approximate surface area is 325 Å². The van der Waals surface area contributed by atoms with Gasteiger partial charge in [0.25, 0.3) is 0 Å². The fourth-order valence-corrected chi connectivity index (χ4v) is 10.0. The summed E-state index contributed by atoms with van der Waals surface area (Å²) in [4.78, 5) is 0. The number of hydrogen-bond acceptors (Lipinski definition) is 1. The molecule has 260 valence electrons. The van der Waals surface area contributed by atoms with E-state index in [1.165, 1.54) is 72.0 Å². The number of nitrogens with zero attached hydrogens (tertiary/aromatic N) is 2. The van der Waals surface area contributed by atoms with Crippen LogP contribution in [0.5, 0.6) is 0 Å². The number of fused-ring (bicyclic) bond motifs is 13. The molecule has 0 N–H and O–H groups in total. The van der Waals surface area contributed by atoms with Crippen molar-refractivity contribution >= 4 is 16.3 Å². The van der Waals surface area contributed by atoms with Crippen LogP contribution in [0.3, 0.4) is 0 Å². The van der Waals surface area contributed by atoms with Crippen LogP contribution in [-0.4, -0.2) is 9.61 Å². The smallest absolute Gasteiger partial charge is 0.0826 e. The molecule has 56 heavy (non-hydrogen) atoms. The fourth-order valence-electron chi connectivity index (χ4n) is 10.0. The molecule has 0 saturated heterocycles. The van der Waals surface area contributed by atoms with E-state index in [4.69, 9.17) is 5.10 Å². The lowest BCUT2D eigenvalue weighted by Gasteiger charge is -2.30. The van der Waals surface area contributed by atoms with Gasteiger partial charge in [-0.1, -0.05) is 188 Å². The number of hydrogen-bond donors (Lipinski definition) is 0. The lowest BCUT2D eigenvalue weighted by atomic mass is 9.70. The van der Waals surface area contributed by atoms with Crippen molar-refractivity contribution in [3.05, 3.63) is 229 Å². The molecule has 2 heteroatoms. The summed E-state index contributed by atoms with van der Waals surface area (Å²) in [5, 5.41) is 7.53. The number of pyridine rings is 1. The van der Waals surface area contributed by atoms with Gasteiger partial charge in [0.1, 0.15) is 0 Å². The van der Waals surface area contributed by atoms with Crippen molar-refractivity contribution in [2.24, 2.45) is 0 Å². The van der Waals surface area contributed by atoms with Gasteiger partial charge in [-0.15, -0.1) is 0 Å². The van der Waals surface area contributed by atoms with Crippen LogP contribution < -0.4 is 0 Å². The Hall–Kier alpha value is -7.29. The highest BCUT2D eigenvalue weighted by Gasteiger charge is 2.51. The Morgan fingerprint density at radius 1 is 0.339 bits per heavy atom. The summed E-state index contributed by atoms with van der Waals surface area (Å²) in [5.41, 5.74) is 20.6. The molecule has 8 aromatic carbocycles. The molecule has 0 bridgehead atoms. The fraction of sp³-hybridized carbons (Fsp3) is 0.0185. The highest BCUT2D eigenvalue weighted by Crippen LogP contribution is 2.63.